The molecule has 3 heteroatoms. The van der Waals surface area contributed by atoms with Gasteiger partial charge in [-0.3, -0.25) is 4.90 Å². The second-order valence-electron chi connectivity index (χ2n) is 4.70. The highest BCUT2D eigenvalue weighted by atomic mass is 79.9. The lowest BCUT2D eigenvalue weighted by Crippen LogP contribution is -2.46. The second-order valence-corrected chi connectivity index (χ2v) is 5.62. The van der Waals surface area contributed by atoms with Crippen molar-refractivity contribution >= 4 is 15.9 Å². The van der Waals surface area contributed by atoms with Crippen LogP contribution in [0, 0.1) is 0 Å². The number of halogens is 1. The molecule has 2 nitrogen and oxygen atoms in total. The van der Waals surface area contributed by atoms with Crippen LogP contribution in [0.5, 0.6) is 0 Å². The highest BCUT2D eigenvalue weighted by Crippen LogP contribution is 2.24. The van der Waals surface area contributed by atoms with Gasteiger partial charge in [-0.1, -0.05) is 35.0 Å². The van der Waals surface area contributed by atoms with Gasteiger partial charge in [0.25, 0.3) is 0 Å². The summed E-state index contributed by atoms with van der Waals surface area (Å²) in [5.74, 6) is 0. The molecule has 0 aromatic heterocycles. The maximum absolute atomic E-state index is 3.55. The fraction of sp³-hybridized carbons (Fsp3) is 0.571. The van der Waals surface area contributed by atoms with E-state index in [1.54, 1.807) is 0 Å². The van der Waals surface area contributed by atoms with E-state index in [0.717, 1.165) is 0 Å². The zero-order valence-electron chi connectivity index (χ0n) is 10.7. The van der Waals surface area contributed by atoms with Crippen LogP contribution in [0.1, 0.15) is 25.5 Å². The highest BCUT2D eigenvalue weighted by molar-refractivity contribution is 9.10. The average Bonchev–Trinajstić information content (AvgIpc) is 2.38. The molecule has 1 aromatic carbocycles. The van der Waals surface area contributed by atoms with Crippen molar-refractivity contribution in [3.05, 3.63) is 34.3 Å². The Balaban J connectivity index is 1.99. The van der Waals surface area contributed by atoms with Crippen LogP contribution in [-0.4, -0.2) is 42.5 Å². The number of hydrogen-bond acceptors (Lipinski definition) is 2. The third kappa shape index (κ3) is 3.30. The summed E-state index contributed by atoms with van der Waals surface area (Å²) in [6.45, 7) is 10.5. The fourth-order valence-corrected chi connectivity index (χ4v) is 2.86. The van der Waals surface area contributed by atoms with E-state index >= 15 is 0 Å². The summed E-state index contributed by atoms with van der Waals surface area (Å²) >= 11 is 3.55. The molecule has 1 aliphatic heterocycles. The number of hydrogen-bond donors (Lipinski definition) is 0. The van der Waals surface area contributed by atoms with Gasteiger partial charge < -0.3 is 4.90 Å². The van der Waals surface area contributed by atoms with Crippen LogP contribution >= 0.6 is 15.9 Å². The lowest BCUT2D eigenvalue weighted by atomic mass is 10.1. The van der Waals surface area contributed by atoms with Crippen LogP contribution in [0.25, 0.3) is 0 Å². The van der Waals surface area contributed by atoms with Crippen molar-refractivity contribution in [2.45, 2.75) is 19.9 Å². The van der Waals surface area contributed by atoms with E-state index in [-0.39, 0.29) is 0 Å². The minimum atomic E-state index is 0.520. The summed E-state index contributed by atoms with van der Waals surface area (Å²) in [7, 11) is 0. The summed E-state index contributed by atoms with van der Waals surface area (Å²) in [6.07, 6.45) is 0. The van der Waals surface area contributed by atoms with Crippen molar-refractivity contribution < 1.29 is 0 Å². The third-order valence-corrected chi connectivity index (χ3v) is 4.23. The van der Waals surface area contributed by atoms with E-state index in [2.05, 4.69) is 63.8 Å². The predicted octanol–water partition coefficient (Wildman–Crippen LogP) is 3.15. The van der Waals surface area contributed by atoms with Crippen molar-refractivity contribution in [3.8, 4) is 0 Å². The molecule has 1 heterocycles. The largest absolute Gasteiger partial charge is 0.301 e. The standard InChI is InChI=1S/C14H21BrN2/c1-3-16-7-9-17(10-8-16)12(2)13-5-4-6-14(15)11-13/h4-6,11-12H,3,7-10H2,1-2H3/t12-/m0/s1. The first-order chi connectivity index (χ1) is 8.20. The molecule has 94 valence electrons. The molecule has 0 N–H and O–H groups in total. The average molecular weight is 297 g/mol. The number of rotatable bonds is 3. The lowest BCUT2D eigenvalue weighted by Gasteiger charge is -2.37. The molecule has 17 heavy (non-hydrogen) atoms. The predicted molar refractivity (Wildman–Crippen MR) is 76.2 cm³/mol. The molecule has 1 fully saturated rings. The topological polar surface area (TPSA) is 6.48 Å². The van der Waals surface area contributed by atoms with Gasteiger partial charge in [-0.05, 0) is 31.2 Å². The Hall–Kier alpha value is -0.380. The summed E-state index contributed by atoms with van der Waals surface area (Å²) < 4.78 is 1.18. The van der Waals surface area contributed by atoms with Crippen molar-refractivity contribution in [1.82, 2.24) is 9.80 Å². The number of piperazine rings is 1. The Morgan fingerprint density at radius 3 is 2.53 bits per heavy atom. The van der Waals surface area contributed by atoms with Crippen LogP contribution in [0.2, 0.25) is 0 Å². The normalized spacial score (nSPS) is 20.4. The molecular formula is C14H21BrN2. The van der Waals surface area contributed by atoms with E-state index < -0.39 is 0 Å². The van der Waals surface area contributed by atoms with Crippen molar-refractivity contribution in [3.63, 3.8) is 0 Å². The highest BCUT2D eigenvalue weighted by Gasteiger charge is 2.21. The van der Waals surface area contributed by atoms with E-state index in [0.29, 0.717) is 6.04 Å². The Morgan fingerprint density at radius 2 is 1.94 bits per heavy atom. The van der Waals surface area contributed by atoms with Gasteiger partial charge in [0, 0.05) is 36.7 Å². The van der Waals surface area contributed by atoms with Crippen LogP contribution in [0.3, 0.4) is 0 Å². The molecule has 1 atom stereocenters. The molecule has 0 spiro atoms. The first-order valence-corrected chi connectivity index (χ1v) is 7.22. The number of likely N-dealkylation sites (N-methyl/N-ethyl adjacent to an activating group) is 1. The van der Waals surface area contributed by atoms with Gasteiger partial charge in [-0.25, -0.2) is 0 Å². The summed E-state index contributed by atoms with van der Waals surface area (Å²) in [6, 6.07) is 9.19. The smallest absolute Gasteiger partial charge is 0.0321 e. The van der Waals surface area contributed by atoms with Gasteiger partial charge in [0.1, 0.15) is 0 Å². The summed E-state index contributed by atoms with van der Waals surface area (Å²) in [5, 5.41) is 0. The molecule has 1 saturated heterocycles. The van der Waals surface area contributed by atoms with Gasteiger partial charge in [0.2, 0.25) is 0 Å². The van der Waals surface area contributed by atoms with Gasteiger partial charge >= 0.3 is 0 Å². The molecule has 0 bridgehead atoms. The van der Waals surface area contributed by atoms with Gasteiger partial charge in [-0.2, -0.15) is 0 Å². The van der Waals surface area contributed by atoms with Crippen molar-refractivity contribution in [1.29, 1.82) is 0 Å². The van der Waals surface area contributed by atoms with Crippen LogP contribution in [0.15, 0.2) is 28.7 Å². The Morgan fingerprint density at radius 1 is 1.24 bits per heavy atom. The van der Waals surface area contributed by atoms with E-state index in [9.17, 15) is 0 Å². The Bertz CT molecular complexity index is 359. The monoisotopic (exact) mass is 296 g/mol. The quantitative estimate of drug-likeness (QED) is 0.845. The van der Waals surface area contributed by atoms with E-state index in [1.807, 2.05) is 0 Å². The Kier molecular flexibility index (Phi) is 4.60. The molecule has 2 rings (SSSR count). The van der Waals surface area contributed by atoms with Crippen LogP contribution in [-0.2, 0) is 0 Å². The number of nitrogens with zero attached hydrogens (tertiary/aromatic N) is 2. The minimum absolute atomic E-state index is 0.520. The Labute approximate surface area is 113 Å². The van der Waals surface area contributed by atoms with Crippen molar-refractivity contribution in [2.75, 3.05) is 32.7 Å². The molecule has 1 aliphatic rings. The minimum Gasteiger partial charge on any atom is -0.301 e. The number of benzene rings is 1. The van der Waals surface area contributed by atoms with Gasteiger partial charge in [0.05, 0.1) is 0 Å². The molecule has 1 aromatic rings. The third-order valence-electron chi connectivity index (χ3n) is 3.73. The van der Waals surface area contributed by atoms with E-state index in [4.69, 9.17) is 0 Å². The first kappa shape index (κ1) is 13.1. The molecule has 0 amide bonds. The van der Waals surface area contributed by atoms with Gasteiger partial charge in [-0.15, -0.1) is 0 Å². The fourth-order valence-electron chi connectivity index (χ4n) is 2.44. The second kappa shape index (κ2) is 5.98. The van der Waals surface area contributed by atoms with Crippen molar-refractivity contribution in [2.24, 2.45) is 0 Å². The van der Waals surface area contributed by atoms with E-state index in [1.165, 1.54) is 42.8 Å². The SMILES string of the molecule is CCN1CCN([C@@H](C)c2cccc(Br)c2)CC1. The van der Waals surface area contributed by atoms with Crippen LogP contribution in [0.4, 0.5) is 0 Å². The van der Waals surface area contributed by atoms with Crippen LogP contribution < -0.4 is 0 Å². The maximum Gasteiger partial charge on any atom is 0.0321 e. The molecule has 0 unspecified atom stereocenters. The first-order valence-electron chi connectivity index (χ1n) is 6.42. The molecule has 0 radical (unpaired) electrons. The molecule has 0 aliphatic carbocycles. The molecule has 0 saturated carbocycles. The lowest BCUT2D eigenvalue weighted by molar-refractivity contribution is 0.106. The zero-order chi connectivity index (χ0) is 12.3. The maximum atomic E-state index is 3.55. The zero-order valence-corrected chi connectivity index (χ0v) is 12.3. The summed E-state index contributed by atoms with van der Waals surface area (Å²) in [4.78, 5) is 5.10. The molecular weight excluding hydrogens is 276 g/mol. The van der Waals surface area contributed by atoms with Gasteiger partial charge in [0.15, 0.2) is 0 Å². The summed E-state index contributed by atoms with van der Waals surface area (Å²) in [5.41, 5.74) is 1.41.